The molecule has 25 heavy (non-hydrogen) atoms. The predicted octanol–water partition coefficient (Wildman–Crippen LogP) is 5.56. The monoisotopic (exact) mass is 353 g/mol. The third kappa shape index (κ3) is 7.93. The third-order valence-electron chi connectivity index (χ3n) is 4.05. The molecule has 0 unspecified atom stereocenters. The van der Waals surface area contributed by atoms with Crippen molar-refractivity contribution in [3.63, 3.8) is 0 Å². The molecule has 0 saturated heterocycles. The lowest BCUT2D eigenvalue weighted by atomic mass is 9.91. The molecule has 0 bridgehead atoms. The summed E-state index contributed by atoms with van der Waals surface area (Å²) >= 11 is 0. The van der Waals surface area contributed by atoms with Gasteiger partial charge in [0, 0.05) is 11.7 Å². The molecule has 0 spiro atoms. The SMILES string of the molecule is CC.CC.Cc1cnn(C2CCC(NC(=O)OC(C)(C)C)CC2)c1C. The van der Waals surface area contributed by atoms with Crippen LogP contribution in [0.15, 0.2) is 6.20 Å². The maximum absolute atomic E-state index is 11.8. The van der Waals surface area contributed by atoms with Crippen molar-refractivity contribution in [2.75, 3.05) is 0 Å². The van der Waals surface area contributed by atoms with E-state index in [2.05, 4.69) is 28.9 Å². The molecule has 146 valence electrons. The molecule has 5 nitrogen and oxygen atoms in total. The van der Waals surface area contributed by atoms with Crippen molar-refractivity contribution >= 4 is 6.09 Å². The molecule has 1 saturated carbocycles. The Kier molecular flexibility index (Phi) is 10.5. The summed E-state index contributed by atoms with van der Waals surface area (Å²) in [6.07, 6.45) is 5.66. The maximum Gasteiger partial charge on any atom is 0.407 e. The first-order chi connectivity index (χ1) is 11.8. The van der Waals surface area contributed by atoms with E-state index < -0.39 is 5.60 Å². The van der Waals surface area contributed by atoms with Crippen molar-refractivity contribution in [1.29, 1.82) is 0 Å². The molecule has 0 atom stereocenters. The van der Waals surface area contributed by atoms with Gasteiger partial charge in [-0.3, -0.25) is 4.68 Å². The van der Waals surface area contributed by atoms with Gasteiger partial charge >= 0.3 is 6.09 Å². The zero-order valence-corrected chi connectivity index (χ0v) is 17.8. The lowest BCUT2D eigenvalue weighted by Crippen LogP contribution is -2.41. The molecule has 5 heteroatoms. The second-order valence-corrected chi connectivity index (χ2v) is 7.01. The van der Waals surface area contributed by atoms with Crippen molar-refractivity contribution in [3.05, 3.63) is 17.5 Å². The highest BCUT2D eigenvalue weighted by molar-refractivity contribution is 5.68. The number of alkyl carbamates (subject to hydrolysis) is 1. The Balaban J connectivity index is 0.00000134. The van der Waals surface area contributed by atoms with Gasteiger partial charge in [0.25, 0.3) is 0 Å². The van der Waals surface area contributed by atoms with Crippen LogP contribution in [0.2, 0.25) is 0 Å². The molecule has 1 amide bonds. The first-order valence-corrected chi connectivity index (χ1v) is 9.76. The fourth-order valence-corrected chi connectivity index (χ4v) is 2.82. The molecule has 1 N–H and O–H groups in total. The van der Waals surface area contributed by atoms with Gasteiger partial charge in [0.1, 0.15) is 5.60 Å². The van der Waals surface area contributed by atoms with E-state index in [0.29, 0.717) is 6.04 Å². The van der Waals surface area contributed by atoms with Gasteiger partial charge in [-0.2, -0.15) is 5.10 Å². The number of amides is 1. The molecule has 0 radical (unpaired) electrons. The van der Waals surface area contributed by atoms with Gasteiger partial charge in [-0.25, -0.2) is 4.79 Å². The second kappa shape index (κ2) is 11.2. The van der Waals surface area contributed by atoms with E-state index in [1.165, 1.54) is 11.3 Å². The maximum atomic E-state index is 11.8. The highest BCUT2D eigenvalue weighted by atomic mass is 16.6. The molecular formula is C20H39N3O2. The van der Waals surface area contributed by atoms with Gasteiger partial charge in [-0.1, -0.05) is 27.7 Å². The average molecular weight is 354 g/mol. The van der Waals surface area contributed by atoms with Crippen LogP contribution in [0.3, 0.4) is 0 Å². The van der Waals surface area contributed by atoms with Crippen LogP contribution in [0.5, 0.6) is 0 Å². The molecule has 1 aromatic rings. The van der Waals surface area contributed by atoms with Crippen LogP contribution < -0.4 is 5.32 Å². The lowest BCUT2D eigenvalue weighted by Gasteiger charge is -2.30. The zero-order valence-electron chi connectivity index (χ0n) is 17.8. The van der Waals surface area contributed by atoms with Crippen molar-refractivity contribution in [1.82, 2.24) is 15.1 Å². The minimum Gasteiger partial charge on any atom is -0.444 e. The van der Waals surface area contributed by atoms with Gasteiger partial charge in [-0.15, -0.1) is 0 Å². The molecule has 1 aliphatic rings. The summed E-state index contributed by atoms with van der Waals surface area (Å²) in [4.78, 5) is 11.8. The van der Waals surface area contributed by atoms with E-state index >= 15 is 0 Å². The first kappa shape index (κ1) is 23.5. The topological polar surface area (TPSA) is 56.2 Å². The Morgan fingerprint density at radius 3 is 2.04 bits per heavy atom. The minimum atomic E-state index is -0.439. The number of hydrogen-bond acceptors (Lipinski definition) is 3. The fourth-order valence-electron chi connectivity index (χ4n) is 2.82. The van der Waals surface area contributed by atoms with E-state index in [9.17, 15) is 4.79 Å². The van der Waals surface area contributed by atoms with Crippen LogP contribution in [-0.2, 0) is 4.74 Å². The highest BCUT2D eigenvalue weighted by Crippen LogP contribution is 2.29. The zero-order chi connectivity index (χ0) is 19.6. The number of carbonyl (C=O) groups excluding carboxylic acids is 1. The number of rotatable bonds is 2. The molecule has 2 rings (SSSR count). The first-order valence-electron chi connectivity index (χ1n) is 9.76. The number of hydrogen-bond donors (Lipinski definition) is 1. The second-order valence-electron chi connectivity index (χ2n) is 7.01. The van der Waals surface area contributed by atoms with Gasteiger partial charge in [0.2, 0.25) is 0 Å². The van der Waals surface area contributed by atoms with Gasteiger partial charge in [0.05, 0.1) is 12.2 Å². The minimum absolute atomic E-state index is 0.216. The van der Waals surface area contributed by atoms with Gasteiger partial charge in [0.15, 0.2) is 0 Å². The standard InChI is InChI=1S/C16H27N3O2.2C2H6/c1-11-10-17-19(12(11)2)14-8-6-13(7-9-14)18-15(20)21-16(3,4)5;2*1-2/h10,13-14H,6-9H2,1-5H3,(H,18,20);2*1-2H3. The van der Waals surface area contributed by atoms with E-state index in [-0.39, 0.29) is 12.1 Å². The summed E-state index contributed by atoms with van der Waals surface area (Å²) in [7, 11) is 0. The summed E-state index contributed by atoms with van der Waals surface area (Å²) in [5, 5.41) is 7.45. The van der Waals surface area contributed by atoms with E-state index in [1.807, 2.05) is 54.7 Å². The van der Waals surface area contributed by atoms with E-state index in [4.69, 9.17) is 4.74 Å². The molecular weight excluding hydrogens is 314 g/mol. The molecule has 0 aliphatic heterocycles. The molecule has 1 aliphatic carbocycles. The fraction of sp³-hybridized carbons (Fsp3) is 0.800. The summed E-state index contributed by atoms with van der Waals surface area (Å²) in [6.45, 7) is 17.9. The van der Waals surface area contributed by atoms with Crippen LogP contribution >= 0.6 is 0 Å². The Bertz CT molecular complexity index is 496. The van der Waals surface area contributed by atoms with Crippen molar-refractivity contribution in [2.45, 2.75) is 106 Å². The molecule has 0 aromatic carbocycles. The summed E-state index contributed by atoms with van der Waals surface area (Å²) in [5.41, 5.74) is 2.05. The Morgan fingerprint density at radius 1 is 1.12 bits per heavy atom. The quantitative estimate of drug-likeness (QED) is 0.757. The van der Waals surface area contributed by atoms with Gasteiger partial charge in [-0.05, 0) is 65.9 Å². The Hall–Kier alpha value is -1.52. The molecule has 1 aromatic heterocycles. The smallest absolute Gasteiger partial charge is 0.407 e. The van der Waals surface area contributed by atoms with Crippen LogP contribution in [0, 0.1) is 13.8 Å². The Labute approximate surface area is 154 Å². The molecule has 1 fully saturated rings. The van der Waals surface area contributed by atoms with E-state index in [1.54, 1.807) is 0 Å². The number of carbonyl (C=O) groups is 1. The number of nitrogens with zero attached hydrogens (tertiary/aromatic N) is 2. The predicted molar refractivity (Wildman–Crippen MR) is 105 cm³/mol. The largest absolute Gasteiger partial charge is 0.444 e. The number of aromatic nitrogens is 2. The number of aryl methyl sites for hydroxylation is 1. The van der Waals surface area contributed by atoms with Crippen LogP contribution in [0.4, 0.5) is 4.79 Å². The lowest BCUT2D eigenvalue weighted by molar-refractivity contribution is 0.0487. The highest BCUT2D eigenvalue weighted by Gasteiger charge is 2.26. The van der Waals surface area contributed by atoms with E-state index in [0.717, 1.165) is 25.7 Å². The summed E-state index contributed by atoms with van der Waals surface area (Å²) < 4.78 is 7.44. The van der Waals surface area contributed by atoms with Crippen LogP contribution in [0.1, 0.15) is 91.4 Å². The normalized spacial score (nSPS) is 19.7. The number of ether oxygens (including phenoxy) is 1. The van der Waals surface area contributed by atoms with Crippen molar-refractivity contribution < 1.29 is 9.53 Å². The van der Waals surface area contributed by atoms with Crippen molar-refractivity contribution in [2.24, 2.45) is 0 Å². The third-order valence-corrected chi connectivity index (χ3v) is 4.05. The number of nitrogens with one attached hydrogen (secondary N) is 1. The Morgan fingerprint density at radius 2 is 1.64 bits per heavy atom. The summed E-state index contributed by atoms with van der Waals surface area (Å²) in [6, 6.07) is 0.670. The van der Waals surface area contributed by atoms with Crippen LogP contribution in [-0.4, -0.2) is 27.5 Å². The van der Waals surface area contributed by atoms with Gasteiger partial charge < -0.3 is 10.1 Å². The van der Waals surface area contributed by atoms with Crippen molar-refractivity contribution in [3.8, 4) is 0 Å². The summed E-state index contributed by atoms with van der Waals surface area (Å²) in [5.74, 6) is 0. The van der Waals surface area contributed by atoms with Crippen LogP contribution in [0.25, 0.3) is 0 Å². The average Bonchev–Trinajstić information content (AvgIpc) is 2.90. The molecule has 1 heterocycles.